The van der Waals surface area contributed by atoms with Gasteiger partial charge in [-0.15, -0.1) is 0 Å². The molecule has 1 aromatic rings. The SMILES string of the molecule is CCN(CC)S(=O)(=O)c1ccc(C)c(NC(=O)COC(=O)COC)c1. The van der Waals surface area contributed by atoms with Crippen LogP contribution in [0.1, 0.15) is 19.4 Å². The van der Waals surface area contributed by atoms with Crippen LogP contribution in [0, 0.1) is 6.92 Å². The zero-order chi connectivity index (χ0) is 19.0. The van der Waals surface area contributed by atoms with Crippen molar-refractivity contribution in [2.75, 3.05) is 38.7 Å². The number of nitrogens with zero attached hydrogens (tertiary/aromatic N) is 1. The fourth-order valence-corrected chi connectivity index (χ4v) is 3.59. The Hall–Kier alpha value is -1.97. The van der Waals surface area contributed by atoms with Gasteiger partial charge in [-0.25, -0.2) is 13.2 Å². The average molecular weight is 372 g/mol. The van der Waals surface area contributed by atoms with Crippen LogP contribution in [0.4, 0.5) is 5.69 Å². The van der Waals surface area contributed by atoms with E-state index in [1.165, 1.54) is 23.5 Å². The second-order valence-electron chi connectivity index (χ2n) is 5.21. The summed E-state index contributed by atoms with van der Waals surface area (Å²) in [6.45, 7) is 5.23. The van der Waals surface area contributed by atoms with Crippen molar-refractivity contribution in [1.29, 1.82) is 0 Å². The molecule has 0 unspecified atom stereocenters. The van der Waals surface area contributed by atoms with Crippen LogP contribution >= 0.6 is 0 Å². The first-order valence-electron chi connectivity index (χ1n) is 7.81. The van der Waals surface area contributed by atoms with Crippen LogP contribution in [0.2, 0.25) is 0 Å². The maximum atomic E-state index is 12.6. The number of rotatable bonds is 9. The average Bonchev–Trinajstić information content (AvgIpc) is 2.56. The van der Waals surface area contributed by atoms with Crippen LogP contribution in [-0.2, 0) is 29.1 Å². The Morgan fingerprint density at radius 1 is 1.16 bits per heavy atom. The molecular weight excluding hydrogens is 348 g/mol. The van der Waals surface area contributed by atoms with Crippen LogP contribution in [0.5, 0.6) is 0 Å². The quantitative estimate of drug-likeness (QED) is 0.653. The van der Waals surface area contributed by atoms with E-state index >= 15 is 0 Å². The number of esters is 1. The number of hydrogen-bond donors (Lipinski definition) is 1. The molecular formula is C16H24N2O6S. The van der Waals surface area contributed by atoms with Crippen LogP contribution in [-0.4, -0.2) is 58.0 Å². The molecule has 9 heteroatoms. The minimum atomic E-state index is -3.63. The number of benzene rings is 1. The molecule has 0 saturated carbocycles. The Labute approximate surface area is 148 Å². The number of ether oxygens (including phenoxy) is 2. The van der Waals surface area contributed by atoms with Crippen molar-refractivity contribution in [3.05, 3.63) is 23.8 Å². The molecule has 25 heavy (non-hydrogen) atoms. The van der Waals surface area contributed by atoms with Crippen LogP contribution < -0.4 is 5.32 Å². The van der Waals surface area contributed by atoms with Crippen molar-refractivity contribution >= 4 is 27.6 Å². The summed E-state index contributed by atoms with van der Waals surface area (Å²) in [5, 5.41) is 2.56. The molecule has 0 aliphatic carbocycles. The van der Waals surface area contributed by atoms with Gasteiger partial charge in [-0.05, 0) is 24.6 Å². The van der Waals surface area contributed by atoms with Gasteiger partial charge < -0.3 is 14.8 Å². The van der Waals surface area contributed by atoms with Gasteiger partial charge in [0.25, 0.3) is 5.91 Å². The number of hydrogen-bond acceptors (Lipinski definition) is 6. The number of amides is 1. The molecule has 0 radical (unpaired) electrons. The van der Waals surface area contributed by atoms with Gasteiger partial charge in [-0.3, -0.25) is 4.79 Å². The van der Waals surface area contributed by atoms with Crippen molar-refractivity contribution in [2.45, 2.75) is 25.7 Å². The molecule has 0 fully saturated rings. The first-order chi connectivity index (χ1) is 11.8. The van der Waals surface area contributed by atoms with Gasteiger partial charge in [0.1, 0.15) is 6.61 Å². The maximum Gasteiger partial charge on any atom is 0.332 e. The number of carbonyl (C=O) groups excluding carboxylic acids is 2. The van der Waals surface area contributed by atoms with E-state index in [-0.39, 0.29) is 11.5 Å². The first-order valence-corrected chi connectivity index (χ1v) is 9.25. The summed E-state index contributed by atoms with van der Waals surface area (Å²) in [5.74, 6) is -1.22. The third-order valence-electron chi connectivity index (χ3n) is 3.45. The molecule has 1 aromatic carbocycles. The van der Waals surface area contributed by atoms with Gasteiger partial charge in [-0.2, -0.15) is 4.31 Å². The molecule has 8 nitrogen and oxygen atoms in total. The first kappa shape index (κ1) is 21.1. The van der Waals surface area contributed by atoms with Crippen molar-refractivity contribution in [2.24, 2.45) is 0 Å². The normalized spacial score (nSPS) is 11.4. The number of anilines is 1. The predicted molar refractivity (Wildman–Crippen MR) is 92.8 cm³/mol. The highest BCUT2D eigenvalue weighted by molar-refractivity contribution is 7.89. The number of carbonyl (C=O) groups is 2. The summed E-state index contributed by atoms with van der Waals surface area (Å²) in [7, 11) is -2.29. The summed E-state index contributed by atoms with van der Waals surface area (Å²) in [5.41, 5.74) is 1.04. The summed E-state index contributed by atoms with van der Waals surface area (Å²) in [6, 6.07) is 4.51. The molecule has 0 saturated heterocycles. The highest BCUT2D eigenvalue weighted by atomic mass is 32.2. The van der Waals surface area contributed by atoms with Crippen LogP contribution in [0.15, 0.2) is 23.1 Å². The second kappa shape index (κ2) is 9.50. The van der Waals surface area contributed by atoms with Crippen molar-refractivity contribution < 1.29 is 27.5 Å². The maximum absolute atomic E-state index is 12.6. The lowest BCUT2D eigenvalue weighted by atomic mass is 10.2. The second-order valence-corrected chi connectivity index (χ2v) is 7.15. The summed E-state index contributed by atoms with van der Waals surface area (Å²) in [4.78, 5) is 23.2. The standard InChI is InChI=1S/C16H24N2O6S/c1-5-18(6-2)25(21,22)13-8-7-12(3)14(9-13)17-15(19)10-24-16(20)11-23-4/h7-9H,5-6,10-11H2,1-4H3,(H,17,19). The number of aryl methyl sites for hydroxylation is 1. The predicted octanol–water partition coefficient (Wildman–Crippen LogP) is 1.15. The van der Waals surface area contributed by atoms with Gasteiger partial charge in [0.15, 0.2) is 6.61 Å². The van der Waals surface area contributed by atoms with E-state index in [0.29, 0.717) is 24.3 Å². The molecule has 0 aliphatic rings. The van der Waals surface area contributed by atoms with Crippen molar-refractivity contribution in [1.82, 2.24) is 4.31 Å². The fourth-order valence-electron chi connectivity index (χ4n) is 2.10. The van der Waals surface area contributed by atoms with Crippen LogP contribution in [0.25, 0.3) is 0 Å². The van der Waals surface area contributed by atoms with Gasteiger partial charge in [-0.1, -0.05) is 19.9 Å². The van der Waals surface area contributed by atoms with Gasteiger partial charge >= 0.3 is 5.97 Å². The summed E-state index contributed by atoms with van der Waals surface area (Å²) >= 11 is 0. The molecule has 0 bridgehead atoms. The van der Waals surface area contributed by atoms with Gasteiger partial charge in [0.05, 0.1) is 4.90 Å². The molecule has 0 atom stereocenters. The van der Waals surface area contributed by atoms with Gasteiger partial charge in [0, 0.05) is 25.9 Å². The lowest BCUT2D eigenvalue weighted by molar-refractivity contribution is -0.150. The molecule has 1 amide bonds. The highest BCUT2D eigenvalue weighted by Crippen LogP contribution is 2.23. The molecule has 0 heterocycles. The van der Waals surface area contributed by atoms with Crippen LogP contribution in [0.3, 0.4) is 0 Å². The zero-order valence-electron chi connectivity index (χ0n) is 14.9. The van der Waals surface area contributed by atoms with Gasteiger partial charge in [0.2, 0.25) is 10.0 Å². The Morgan fingerprint density at radius 2 is 1.80 bits per heavy atom. The summed E-state index contributed by atoms with van der Waals surface area (Å²) < 4.78 is 35.8. The third-order valence-corrected chi connectivity index (χ3v) is 5.50. The lowest BCUT2D eigenvalue weighted by Gasteiger charge is -2.19. The number of sulfonamides is 1. The minimum Gasteiger partial charge on any atom is -0.454 e. The van der Waals surface area contributed by atoms with E-state index in [9.17, 15) is 18.0 Å². The van der Waals surface area contributed by atoms with E-state index in [0.717, 1.165) is 0 Å². The largest absolute Gasteiger partial charge is 0.454 e. The zero-order valence-corrected chi connectivity index (χ0v) is 15.7. The van der Waals surface area contributed by atoms with Crippen molar-refractivity contribution in [3.63, 3.8) is 0 Å². The minimum absolute atomic E-state index is 0.0912. The molecule has 0 spiro atoms. The Balaban J connectivity index is 2.92. The topological polar surface area (TPSA) is 102 Å². The molecule has 1 N–H and O–H groups in total. The number of methoxy groups -OCH3 is 1. The van der Waals surface area contributed by atoms with E-state index < -0.39 is 28.5 Å². The van der Waals surface area contributed by atoms with E-state index in [1.54, 1.807) is 26.8 Å². The Kier molecular flexibility index (Phi) is 8.01. The lowest BCUT2D eigenvalue weighted by Crippen LogP contribution is -2.30. The fraction of sp³-hybridized carbons (Fsp3) is 0.500. The molecule has 0 aliphatic heterocycles. The Morgan fingerprint density at radius 3 is 2.36 bits per heavy atom. The van der Waals surface area contributed by atoms with Crippen molar-refractivity contribution in [3.8, 4) is 0 Å². The number of nitrogens with one attached hydrogen (secondary N) is 1. The van der Waals surface area contributed by atoms with E-state index in [4.69, 9.17) is 4.74 Å². The summed E-state index contributed by atoms with van der Waals surface area (Å²) in [6.07, 6.45) is 0. The highest BCUT2D eigenvalue weighted by Gasteiger charge is 2.22. The molecule has 140 valence electrons. The van der Waals surface area contributed by atoms with E-state index in [1.807, 2.05) is 0 Å². The third kappa shape index (κ3) is 5.80. The Bertz CT molecular complexity index is 713. The molecule has 1 rings (SSSR count). The van der Waals surface area contributed by atoms with E-state index in [2.05, 4.69) is 10.1 Å². The molecule has 0 aromatic heterocycles. The monoisotopic (exact) mass is 372 g/mol. The smallest absolute Gasteiger partial charge is 0.332 e.